The highest BCUT2D eigenvalue weighted by Crippen LogP contribution is 2.33. The Morgan fingerprint density at radius 3 is 2.78 bits per heavy atom. The third kappa shape index (κ3) is 4.26. The van der Waals surface area contributed by atoms with Crippen molar-refractivity contribution in [1.82, 2.24) is 15.3 Å². The molecule has 2 aliphatic rings. The third-order valence-corrected chi connectivity index (χ3v) is 5.84. The van der Waals surface area contributed by atoms with E-state index in [9.17, 15) is 4.79 Å². The zero-order valence-electron chi connectivity index (χ0n) is 18.5. The summed E-state index contributed by atoms with van der Waals surface area (Å²) in [5.41, 5.74) is 7.63. The van der Waals surface area contributed by atoms with Crippen molar-refractivity contribution < 1.29 is 4.79 Å². The monoisotopic (exact) mass is 425 g/mol. The summed E-state index contributed by atoms with van der Waals surface area (Å²) in [5, 5.41) is 6.47. The van der Waals surface area contributed by atoms with Crippen molar-refractivity contribution in [2.24, 2.45) is 4.99 Å². The summed E-state index contributed by atoms with van der Waals surface area (Å²) < 4.78 is 0. The number of rotatable bonds is 7. The van der Waals surface area contributed by atoms with E-state index in [4.69, 9.17) is 9.97 Å². The van der Waals surface area contributed by atoms with Gasteiger partial charge in [0, 0.05) is 46.7 Å². The van der Waals surface area contributed by atoms with Crippen molar-refractivity contribution in [1.29, 1.82) is 0 Å². The highest BCUT2D eigenvalue weighted by atomic mass is 16.1. The Bertz CT molecular complexity index is 1210. The number of benzene rings is 2. The number of nitrogens with one attached hydrogen (secondary N) is 2. The summed E-state index contributed by atoms with van der Waals surface area (Å²) in [5.74, 6) is 1.70. The summed E-state index contributed by atoms with van der Waals surface area (Å²) in [6, 6.07) is 14.6. The van der Waals surface area contributed by atoms with Crippen LogP contribution in [-0.2, 0) is 24.1 Å². The van der Waals surface area contributed by atoms with Crippen molar-refractivity contribution in [2.45, 2.75) is 52.0 Å². The standard InChI is InChI=1S/C26H27N5O/c1-16(2)28-24(32)12-9-17-5-3-6-18(13-17)25-30-23-8-4-7-21(23)26(31-25)29-20-10-11-22-19(14-20)15-27-22/h3,5-6,10-11,13-16H,4,7-9,12H2,1-2H3,(H,28,32)(H,29,30,31). The van der Waals surface area contributed by atoms with Crippen LogP contribution in [-0.4, -0.2) is 28.1 Å². The van der Waals surface area contributed by atoms with Gasteiger partial charge in [0.1, 0.15) is 5.82 Å². The predicted octanol–water partition coefficient (Wildman–Crippen LogP) is 4.90. The maximum Gasteiger partial charge on any atom is 0.220 e. The molecule has 5 rings (SSSR count). The number of anilines is 2. The first-order valence-electron chi connectivity index (χ1n) is 11.3. The molecule has 0 atom stereocenters. The Balaban J connectivity index is 1.40. The molecule has 0 radical (unpaired) electrons. The first-order chi connectivity index (χ1) is 15.5. The van der Waals surface area contributed by atoms with E-state index < -0.39 is 0 Å². The smallest absolute Gasteiger partial charge is 0.220 e. The van der Waals surface area contributed by atoms with Crippen LogP contribution in [0.1, 0.15) is 49.1 Å². The van der Waals surface area contributed by atoms with Crippen LogP contribution < -0.4 is 10.6 Å². The zero-order chi connectivity index (χ0) is 22.1. The number of carbonyl (C=O) groups excluding carboxylic acids is 1. The first-order valence-corrected chi connectivity index (χ1v) is 11.3. The summed E-state index contributed by atoms with van der Waals surface area (Å²) in [7, 11) is 0. The molecule has 2 heterocycles. The number of aromatic nitrogens is 2. The minimum Gasteiger partial charge on any atom is -0.354 e. The van der Waals surface area contributed by atoms with Gasteiger partial charge in [-0.05, 0) is 69.4 Å². The van der Waals surface area contributed by atoms with E-state index in [1.165, 1.54) is 5.56 Å². The molecule has 6 heteroatoms. The average molecular weight is 426 g/mol. The van der Waals surface area contributed by atoms with E-state index in [0.29, 0.717) is 12.8 Å². The van der Waals surface area contributed by atoms with E-state index in [1.54, 1.807) is 0 Å². The largest absolute Gasteiger partial charge is 0.354 e. The predicted molar refractivity (Wildman–Crippen MR) is 128 cm³/mol. The fraction of sp³-hybridized carbons (Fsp3) is 0.308. The number of aliphatic imine (C=N–C) groups is 1. The molecule has 1 aliphatic heterocycles. The molecular weight excluding hydrogens is 398 g/mol. The summed E-state index contributed by atoms with van der Waals surface area (Å²) in [6.07, 6.45) is 6.12. The van der Waals surface area contributed by atoms with Crippen LogP contribution in [0.25, 0.3) is 11.4 Å². The van der Waals surface area contributed by atoms with Crippen LogP contribution in [0.15, 0.2) is 47.5 Å². The van der Waals surface area contributed by atoms with Crippen molar-refractivity contribution in [3.63, 3.8) is 0 Å². The summed E-state index contributed by atoms with van der Waals surface area (Å²) in [4.78, 5) is 26.1. The number of aryl methyl sites for hydroxylation is 2. The molecule has 0 unspecified atom stereocenters. The molecule has 0 bridgehead atoms. The molecule has 0 saturated heterocycles. The summed E-state index contributed by atoms with van der Waals surface area (Å²) >= 11 is 0. The maximum atomic E-state index is 12.0. The second kappa shape index (κ2) is 8.54. The normalized spacial score (nSPS) is 13.5. The maximum absolute atomic E-state index is 12.0. The molecule has 1 aliphatic carbocycles. The van der Waals surface area contributed by atoms with E-state index >= 15 is 0 Å². The van der Waals surface area contributed by atoms with E-state index in [0.717, 1.165) is 64.7 Å². The molecule has 32 heavy (non-hydrogen) atoms. The van der Waals surface area contributed by atoms with Gasteiger partial charge in [-0.15, -0.1) is 0 Å². The lowest BCUT2D eigenvalue weighted by Gasteiger charge is -2.15. The number of hydrogen-bond acceptors (Lipinski definition) is 5. The van der Waals surface area contributed by atoms with Crippen molar-refractivity contribution in [3.8, 4) is 11.4 Å². The number of carbonyl (C=O) groups is 1. The molecule has 3 aromatic rings. The Hall–Kier alpha value is -3.54. The second-order valence-corrected chi connectivity index (χ2v) is 8.75. The van der Waals surface area contributed by atoms with Crippen LogP contribution >= 0.6 is 0 Å². The number of hydrogen-bond donors (Lipinski definition) is 2. The van der Waals surface area contributed by atoms with Crippen molar-refractivity contribution >= 4 is 29.3 Å². The molecule has 1 amide bonds. The minimum atomic E-state index is 0.0780. The lowest BCUT2D eigenvalue weighted by Crippen LogP contribution is -2.30. The molecule has 162 valence electrons. The average Bonchev–Trinajstić information content (AvgIpc) is 3.23. The van der Waals surface area contributed by atoms with Crippen LogP contribution in [0.3, 0.4) is 0 Å². The fourth-order valence-corrected chi connectivity index (χ4v) is 4.25. The van der Waals surface area contributed by atoms with Gasteiger partial charge in [-0.2, -0.15) is 0 Å². The SMILES string of the molecule is CC(C)NC(=O)CCc1cccc(-c2nc3c(c(Nc4ccc5c(c4)C=N5)n2)CCC3)c1. The topological polar surface area (TPSA) is 79.3 Å². The molecule has 0 saturated carbocycles. The molecule has 2 aromatic carbocycles. The quantitative estimate of drug-likeness (QED) is 0.441. The van der Waals surface area contributed by atoms with Gasteiger partial charge in [0.15, 0.2) is 5.82 Å². The van der Waals surface area contributed by atoms with Crippen LogP contribution in [0.5, 0.6) is 0 Å². The van der Waals surface area contributed by atoms with Crippen molar-refractivity contribution in [2.75, 3.05) is 5.32 Å². The third-order valence-electron chi connectivity index (χ3n) is 5.84. The van der Waals surface area contributed by atoms with E-state index in [-0.39, 0.29) is 11.9 Å². The van der Waals surface area contributed by atoms with Gasteiger partial charge in [0.05, 0.1) is 5.69 Å². The van der Waals surface area contributed by atoms with Crippen LogP contribution in [0, 0.1) is 0 Å². The Labute approximate surface area is 188 Å². The van der Waals surface area contributed by atoms with Crippen molar-refractivity contribution in [3.05, 3.63) is 64.8 Å². The molecule has 2 N–H and O–H groups in total. The zero-order valence-corrected chi connectivity index (χ0v) is 18.5. The molecule has 1 aromatic heterocycles. The Morgan fingerprint density at radius 1 is 1.09 bits per heavy atom. The van der Waals surface area contributed by atoms with Gasteiger partial charge >= 0.3 is 0 Å². The van der Waals surface area contributed by atoms with E-state index in [1.807, 2.05) is 44.3 Å². The minimum absolute atomic E-state index is 0.0780. The number of nitrogens with zero attached hydrogens (tertiary/aromatic N) is 3. The highest BCUT2D eigenvalue weighted by molar-refractivity contribution is 5.97. The highest BCUT2D eigenvalue weighted by Gasteiger charge is 2.21. The lowest BCUT2D eigenvalue weighted by molar-refractivity contribution is -0.121. The first kappa shape index (κ1) is 20.4. The van der Waals surface area contributed by atoms with Gasteiger partial charge in [-0.1, -0.05) is 18.2 Å². The molecule has 6 nitrogen and oxygen atoms in total. The van der Waals surface area contributed by atoms with Crippen LogP contribution in [0.4, 0.5) is 17.2 Å². The molecular formula is C26H27N5O. The van der Waals surface area contributed by atoms with E-state index in [2.05, 4.69) is 33.8 Å². The van der Waals surface area contributed by atoms with Gasteiger partial charge < -0.3 is 10.6 Å². The Kier molecular flexibility index (Phi) is 5.43. The molecule has 0 spiro atoms. The number of fused-ring (bicyclic) bond motifs is 2. The van der Waals surface area contributed by atoms with Crippen LogP contribution in [0.2, 0.25) is 0 Å². The fourth-order valence-electron chi connectivity index (χ4n) is 4.25. The Morgan fingerprint density at radius 2 is 2.00 bits per heavy atom. The molecule has 0 fully saturated rings. The van der Waals surface area contributed by atoms with Gasteiger partial charge in [0.2, 0.25) is 5.91 Å². The van der Waals surface area contributed by atoms with Gasteiger partial charge in [-0.3, -0.25) is 9.79 Å². The lowest BCUT2D eigenvalue weighted by atomic mass is 10.1. The number of amides is 1. The van der Waals surface area contributed by atoms with Gasteiger partial charge in [0.25, 0.3) is 0 Å². The second-order valence-electron chi connectivity index (χ2n) is 8.75. The summed E-state index contributed by atoms with van der Waals surface area (Å²) in [6.45, 7) is 3.95. The van der Waals surface area contributed by atoms with Gasteiger partial charge in [-0.25, -0.2) is 9.97 Å².